The van der Waals surface area contributed by atoms with Crippen LogP contribution >= 0.6 is 0 Å². The third kappa shape index (κ3) is 4.42. The number of carbonyl (C=O) groups is 2. The molecule has 0 amide bonds. The molecule has 0 atom stereocenters. The Hall–Kier alpha value is -2.53. The van der Waals surface area contributed by atoms with Gasteiger partial charge in [-0.25, -0.2) is 14.6 Å². The number of alkyl halides is 6. The summed E-state index contributed by atoms with van der Waals surface area (Å²) in [5.41, 5.74) is -7.72. The average Bonchev–Trinajstić information content (AvgIpc) is 3.35. The fourth-order valence-corrected chi connectivity index (χ4v) is 2.27. The number of nitrogens with zero attached hydrogens (tertiary/aromatic N) is 1. The van der Waals surface area contributed by atoms with Crippen LogP contribution in [0.25, 0.3) is 0 Å². The van der Waals surface area contributed by atoms with E-state index in [1.807, 2.05) is 0 Å². The van der Waals surface area contributed by atoms with Gasteiger partial charge in [-0.05, 0) is 19.8 Å². The zero-order valence-electron chi connectivity index (χ0n) is 14.0. The summed E-state index contributed by atoms with van der Waals surface area (Å²) in [7, 11) is 0.755. The summed E-state index contributed by atoms with van der Waals surface area (Å²) in [5.74, 6) is -3.14. The number of pyridine rings is 1. The van der Waals surface area contributed by atoms with Gasteiger partial charge in [-0.15, -0.1) is 0 Å². The first-order chi connectivity index (χ1) is 12.4. The summed E-state index contributed by atoms with van der Waals surface area (Å²) < 4.78 is 89.0. The maximum atomic E-state index is 13.4. The number of aromatic nitrogens is 1. The van der Waals surface area contributed by atoms with Crippen molar-refractivity contribution < 1.29 is 45.4 Å². The SMILES string of the molecule is CCOC(=O)c1c(C(F)(F)F)nc(C(F)(F)F)c(C(=O)OC)c1NC1CC1. The van der Waals surface area contributed by atoms with E-state index in [1.54, 1.807) is 0 Å². The molecule has 150 valence electrons. The highest BCUT2D eigenvalue weighted by atomic mass is 19.4. The van der Waals surface area contributed by atoms with E-state index in [4.69, 9.17) is 0 Å². The largest absolute Gasteiger partial charge is 0.465 e. The molecule has 1 aromatic rings. The summed E-state index contributed by atoms with van der Waals surface area (Å²) in [6.07, 6.45) is -9.94. The van der Waals surface area contributed by atoms with Crippen LogP contribution in [-0.2, 0) is 21.8 Å². The van der Waals surface area contributed by atoms with Gasteiger partial charge in [0, 0.05) is 6.04 Å². The average molecular weight is 400 g/mol. The van der Waals surface area contributed by atoms with E-state index in [9.17, 15) is 35.9 Å². The number of rotatable bonds is 5. The van der Waals surface area contributed by atoms with E-state index in [1.165, 1.54) is 6.92 Å². The lowest BCUT2D eigenvalue weighted by atomic mass is 10.0. The summed E-state index contributed by atoms with van der Waals surface area (Å²) in [4.78, 5) is 26.7. The van der Waals surface area contributed by atoms with Gasteiger partial charge in [-0.3, -0.25) is 0 Å². The van der Waals surface area contributed by atoms with Gasteiger partial charge in [0.2, 0.25) is 0 Å². The van der Waals surface area contributed by atoms with Crippen molar-refractivity contribution in [1.82, 2.24) is 4.98 Å². The third-order valence-electron chi connectivity index (χ3n) is 3.53. The Morgan fingerprint density at radius 2 is 1.52 bits per heavy atom. The lowest BCUT2D eigenvalue weighted by Crippen LogP contribution is -2.28. The minimum Gasteiger partial charge on any atom is -0.465 e. The molecule has 0 saturated heterocycles. The minimum absolute atomic E-state index is 0.340. The minimum atomic E-state index is -5.41. The van der Waals surface area contributed by atoms with Crippen LogP contribution in [0.2, 0.25) is 0 Å². The molecule has 0 unspecified atom stereocenters. The molecule has 1 aliphatic carbocycles. The lowest BCUT2D eigenvalue weighted by molar-refractivity contribution is -0.150. The summed E-state index contributed by atoms with van der Waals surface area (Å²) in [5, 5.41) is 2.39. The first-order valence-corrected chi connectivity index (χ1v) is 7.66. The molecule has 0 spiro atoms. The van der Waals surface area contributed by atoms with Crippen LogP contribution in [0.1, 0.15) is 51.9 Å². The first-order valence-electron chi connectivity index (χ1n) is 7.66. The molecule has 0 bridgehead atoms. The predicted molar refractivity (Wildman–Crippen MR) is 78.2 cm³/mol. The number of hydrogen-bond donors (Lipinski definition) is 1. The van der Waals surface area contributed by atoms with Gasteiger partial charge in [-0.2, -0.15) is 26.3 Å². The first kappa shape index (κ1) is 20.8. The molecule has 1 aromatic heterocycles. The van der Waals surface area contributed by atoms with Crippen LogP contribution in [0.3, 0.4) is 0 Å². The van der Waals surface area contributed by atoms with Crippen LogP contribution in [-0.4, -0.2) is 36.7 Å². The Labute approximate surface area is 148 Å². The van der Waals surface area contributed by atoms with Crippen molar-refractivity contribution >= 4 is 17.6 Å². The van der Waals surface area contributed by atoms with E-state index in [0.29, 0.717) is 12.8 Å². The quantitative estimate of drug-likeness (QED) is 0.601. The van der Waals surface area contributed by atoms with Crippen LogP contribution < -0.4 is 5.32 Å². The number of hydrogen-bond acceptors (Lipinski definition) is 6. The summed E-state index contributed by atoms with van der Waals surface area (Å²) >= 11 is 0. The van der Waals surface area contributed by atoms with Crippen LogP contribution in [0.5, 0.6) is 0 Å². The van der Waals surface area contributed by atoms with Gasteiger partial charge in [0.25, 0.3) is 0 Å². The fourth-order valence-electron chi connectivity index (χ4n) is 2.27. The Morgan fingerprint density at radius 1 is 1.04 bits per heavy atom. The van der Waals surface area contributed by atoms with Gasteiger partial charge < -0.3 is 14.8 Å². The molecule has 0 aliphatic heterocycles. The maximum Gasteiger partial charge on any atom is 0.434 e. The monoisotopic (exact) mass is 400 g/mol. The number of esters is 2. The van der Waals surface area contributed by atoms with Gasteiger partial charge in [0.15, 0.2) is 11.4 Å². The molecule has 12 heteroatoms. The van der Waals surface area contributed by atoms with E-state index in [0.717, 1.165) is 7.11 Å². The van der Waals surface area contributed by atoms with Crippen molar-refractivity contribution in [3.8, 4) is 0 Å². The molecule has 1 aliphatic rings. The molecule has 6 nitrogen and oxygen atoms in total. The third-order valence-corrected chi connectivity index (χ3v) is 3.53. The van der Waals surface area contributed by atoms with Crippen LogP contribution in [0, 0.1) is 0 Å². The van der Waals surface area contributed by atoms with Gasteiger partial charge in [-0.1, -0.05) is 0 Å². The number of halogens is 6. The van der Waals surface area contributed by atoms with Crippen molar-refractivity contribution in [1.29, 1.82) is 0 Å². The maximum absolute atomic E-state index is 13.4. The number of methoxy groups -OCH3 is 1. The smallest absolute Gasteiger partial charge is 0.434 e. The standard InChI is InChI=1S/C15H14F6N2O4/c1-3-27-13(25)8-9(22-6-4-5-6)7(12(24)26-2)10(14(16,17)18)23-11(8)15(19,20)21/h6H,3-5H2,1-2H3,(H,22,23). The zero-order valence-corrected chi connectivity index (χ0v) is 14.0. The Kier molecular flexibility index (Phi) is 5.57. The number of nitrogens with one attached hydrogen (secondary N) is 1. The van der Waals surface area contributed by atoms with Crippen molar-refractivity contribution in [2.75, 3.05) is 19.0 Å². The van der Waals surface area contributed by atoms with Crippen molar-refractivity contribution in [2.45, 2.75) is 38.2 Å². The van der Waals surface area contributed by atoms with Crippen molar-refractivity contribution in [3.63, 3.8) is 0 Å². The second kappa shape index (κ2) is 7.24. The van der Waals surface area contributed by atoms with E-state index < -0.39 is 58.5 Å². The summed E-state index contributed by atoms with van der Waals surface area (Å²) in [6, 6.07) is -0.494. The molecule has 1 heterocycles. The highest BCUT2D eigenvalue weighted by Crippen LogP contribution is 2.43. The van der Waals surface area contributed by atoms with E-state index >= 15 is 0 Å². The van der Waals surface area contributed by atoms with Crippen molar-refractivity contribution in [2.24, 2.45) is 0 Å². The molecule has 1 N–H and O–H groups in total. The molecule has 1 fully saturated rings. The van der Waals surface area contributed by atoms with Gasteiger partial charge >= 0.3 is 24.3 Å². The highest BCUT2D eigenvalue weighted by molar-refractivity contribution is 6.06. The molecule has 2 rings (SSSR count). The van der Waals surface area contributed by atoms with E-state index in [-0.39, 0.29) is 6.61 Å². The van der Waals surface area contributed by atoms with Gasteiger partial charge in [0.1, 0.15) is 11.1 Å². The molecule has 1 saturated carbocycles. The second-order valence-electron chi connectivity index (χ2n) is 5.56. The number of anilines is 1. The molecule has 0 aromatic carbocycles. The predicted octanol–water partition coefficient (Wildman–Crippen LogP) is 3.66. The van der Waals surface area contributed by atoms with Crippen LogP contribution in [0.15, 0.2) is 0 Å². The Balaban J connectivity index is 2.93. The molecular formula is C15H14F6N2O4. The topological polar surface area (TPSA) is 77.5 Å². The van der Waals surface area contributed by atoms with Crippen molar-refractivity contribution in [3.05, 3.63) is 22.5 Å². The number of ether oxygens (including phenoxy) is 2. The normalized spacial score (nSPS) is 14.7. The fraction of sp³-hybridized carbons (Fsp3) is 0.533. The summed E-state index contributed by atoms with van der Waals surface area (Å²) in [6.45, 7) is 0.964. The number of carbonyl (C=O) groups excluding carboxylic acids is 2. The van der Waals surface area contributed by atoms with Crippen LogP contribution in [0.4, 0.5) is 32.0 Å². The molecular weight excluding hydrogens is 386 g/mol. The zero-order chi connectivity index (χ0) is 20.6. The van der Waals surface area contributed by atoms with Gasteiger partial charge in [0.05, 0.1) is 19.4 Å². The lowest BCUT2D eigenvalue weighted by Gasteiger charge is -2.22. The Morgan fingerprint density at radius 3 is 1.89 bits per heavy atom. The Bertz CT molecular complexity index is 756. The highest BCUT2D eigenvalue weighted by Gasteiger charge is 2.48. The molecule has 0 radical (unpaired) electrons. The van der Waals surface area contributed by atoms with E-state index in [2.05, 4.69) is 19.8 Å². The second-order valence-corrected chi connectivity index (χ2v) is 5.56. The molecule has 27 heavy (non-hydrogen) atoms.